The lowest BCUT2D eigenvalue weighted by molar-refractivity contribution is -0.919. The first kappa shape index (κ1) is 18.6. The predicted octanol–water partition coefficient (Wildman–Crippen LogP) is -0.713. The van der Waals surface area contributed by atoms with Crippen LogP contribution in [0, 0.1) is 0 Å². The SMILES string of the molecule is O=C(C[NH2+]CC[NH+]1CCOCC1)N(Cc1ccccc1)Cc1ccco1. The van der Waals surface area contributed by atoms with Crippen molar-refractivity contribution in [2.45, 2.75) is 13.1 Å². The van der Waals surface area contributed by atoms with E-state index in [4.69, 9.17) is 9.15 Å². The Balaban J connectivity index is 1.48. The van der Waals surface area contributed by atoms with Gasteiger partial charge in [-0.3, -0.25) is 4.79 Å². The number of nitrogens with one attached hydrogen (secondary N) is 1. The van der Waals surface area contributed by atoms with Crippen molar-refractivity contribution in [3.8, 4) is 0 Å². The van der Waals surface area contributed by atoms with Gasteiger partial charge in [0.15, 0.2) is 6.54 Å². The number of furan rings is 1. The number of quaternary nitrogens is 2. The number of hydrogen-bond donors (Lipinski definition) is 2. The summed E-state index contributed by atoms with van der Waals surface area (Å²) in [5.41, 5.74) is 1.13. The van der Waals surface area contributed by atoms with Crippen molar-refractivity contribution < 1.29 is 24.2 Å². The molecule has 26 heavy (non-hydrogen) atoms. The third-order valence-corrected chi connectivity index (χ3v) is 4.72. The fourth-order valence-electron chi connectivity index (χ4n) is 3.20. The molecule has 2 heterocycles. The molecule has 0 spiro atoms. The molecule has 0 unspecified atom stereocenters. The fourth-order valence-corrected chi connectivity index (χ4v) is 3.20. The predicted molar refractivity (Wildman–Crippen MR) is 97.4 cm³/mol. The summed E-state index contributed by atoms with van der Waals surface area (Å²) in [7, 11) is 0. The Hall–Kier alpha value is -2.15. The molecule has 1 aromatic heterocycles. The van der Waals surface area contributed by atoms with Crippen molar-refractivity contribution in [2.24, 2.45) is 0 Å². The van der Waals surface area contributed by atoms with Gasteiger partial charge in [0, 0.05) is 6.54 Å². The number of amides is 1. The van der Waals surface area contributed by atoms with E-state index in [1.54, 1.807) is 11.2 Å². The van der Waals surface area contributed by atoms with Gasteiger partial charge in [-0.05, 0) is 17.7 Å². The fraction of sp³-hybridized carbons (Fsp3) is 0.450. The number of morpholine rings is 1. The molecule has 140 valence electrons. The maximum atomic E-state index is 12.8. The van der Waals surface area contributed by atoms with E-state index in [9.17, 15) is 4.79 Å². The molecular weight excluding hydrogens is 330 g/mol. The molecule has 1 fully saturated rings. The summed E-state index contributed by atoms with van der Waals surface area (Å²) >= 11 is 0. The first-order valence-electron chi connectivity index (χ1n) is 9.38. The minimum Gasteiger partial charge on any atom is -0.467 e. The van der Waals surface area contributed by atoms with E-state index in [0.717, 1.165) is 50.7 Å². The van der Waals surface area contributed by atoms with Gasteiger partial charge in [-0.15, -0.1) is 0 Å². The van der Waals surface area contributed by atoms with Crippen LogP contribution in [0.15, 0.2) is 53.1 Å². The maximum Gasteiger partial charge on any atom is 0.278 e. The molecule has 0 saturated carbocycles. The van der Waals surface area contributed by atoms with Crippen LogP contribution in [0.5, 0.6) is 0 Å². The summed E-state index contributed by atoms with van der Waals surface area (Å²) < 4.78 is 10.8. The van der Waals surface area contributed by atoms with Crippen molar-refractivity contribution >= 4 is 5.91 Å². The zero-order valence-corrected chi connectivity index (χ0v) is 15.2. The number of nitrogens with zero attached hydrogens (tertiary/aromatic N) is 1. The van der Waals surface area contributed by atoms with Crippen molar-refractivity contribution in [1.82, 2.24) is 4.90 Å². The van der Waals surface area contributed by atoms with E-state index < -0.39 is 0 Å². The number of ether oxygens (including phenoxy) is 1. The Kier molecular flexibility index (Phi) is 7.25. The molecule has 2 aromatic rings. The van der Waals surface area contributed by atoms with Crippen molar-refractivity contribution in [3.05, 3.63) is 60.1 Å². The van der Waals surface area contributed by atoms with Crippen molar-refractivity contribution in [2.75, 3.05) is 45.9 Å². The zero-order chi connectivity index (χ0) is 18.0. The molecule has 6 heteroatoms. The van der Waals surface area contributed by atoms with E-state index in [2.05, 4.69) is 5.32 Å². The number of nitrogens with two attached hydrogens (primary N) is 1. The molecule has 1 saturated heterocycles. The Morgan fingerprint density at radius 3 is 2.62 bits per heavy atom. The van der Waals surface area contributed by atoms with Gasteiger partial charge >= 0.3 is 0 Å². The van der Waals surface area contributed by atoms with Crippen LogP contribution in [-0.4, -0.2) is 56.7 Å². The highest BCUT2D eigenvalue weighted by atomic mass is 16.5. The first-order valence-corrected chi connectivity index (χ1v) is 9.38. The third-order valence-electron chi connectivity index (χ3n) is 4.72. The molecule has 0 bridgehead atoms. The Morgan fingerprint density at radius 1 is 1.08 bits per heavy atom. The third kappa shape index (κ3) is 5.98. The van der Waals surface area contributed by atoms with Gasteiger partial charge < -0.3 is 24.3 Å². The van der Waals surface area contributed by atoms with Crippen molar-refractivity contribution in [1.29, 1.82) is 0 Å². The molecule has 0 atom stereocenters. The van der Waals surface area contributed by atoms with Crippen LogP contribution in [0.1, 0.15) is 11.3 Å². The normalized spacial score (nSPS) is 15.1. The van der Waals surface area contributed by atoms with Gasteiger partial charge in [0.2, 0.25) is 0 Å². The van der Waals surface area contributed by atoms with Gasteiger partial charge in [-0.2, -0.15) is 0 Å². The average Bonchev–Trinajstić information content (AvgIpc) is 3.19. The summed E-state index contributed by atoms with van der Waals surface area (Å²) in [6, 6.07) is 13.9. The first-order chi connectivity index (χ1) is 12.8. The molecule has 1 aromatic carbocycles. The zero-order valence-electron chi connectivity index (χ0n) is 15.2. The molecule has 3 N–H and O–H groups in total. The molecule has 0 aliphatic carbocycles. The molecule has 0 radical (unpaired) electrons. The van der Waals surface area contributed by atoms with Gasteiger partial charge in [0.1, 0.15) is 31.9 Å². The molecule has 6 nitrogen and oxygen atoms in total. The minimum atomic E-state index is 0.141. The largest absolute Gasteiger partial charge is 0.467 e. The number of rotatable bonds is 9. The van der Waals surface area contributed by atoms with Gasteiger partial charge in [-0.1, -0.05) is 30.3 Å². The second-order valence-electron chi connectivity index (χ2n) is 6.71. The van der Waals surface area contributed by atoms with Crippen LogP contribution in [0.4, 0.5) is 0 Å². The second kappa shape index (κ2) is 10.1. The topological polar surface area (TPSA) is 63.7 Å². The van der Waals surface area contributed by atoms with E-state index in [1.807, 2.05) is 47.4 Å². The highest BCUT2D eigenvalue weighted by Crippen LogP contribution is 2.10. The molecule has 1 aliphatic heterocycles. The highest BCUT2D eigenvalue weighted by molar-refractivity contribution is 5.76. The van der Waals surface area contributed by atoms with Crippen LogP contribution >= 0.6 is 0 Å². The van der Waals surface area contributed by atoms with Crippen LogP contribution in [0.2, 0.25) is 0 Å². The van der Waals surface area contributed by atoms with Crippen LogP contribution in [-0.2, 0) is 22.6 Å². The summed E-state index contributed by atoms with van der Waals surface area (Å²) in [5.74, 6) is 0.953. The Labute approximate surface area is 154 Å². The van der Waals surface area contributed by atoms with Crippen LogP contribution < -0.4 is 10.2 Å². The quantitative estimate of drug-likeness (QED) is 0.582. The minimum absolute atomic E-state index is 0.141. The second-order valence-corrected chi connectivity index (χ2v) is 6.71. The van der Waals surface area contributed by atoms with Crippen molar-refractivity contribution in [3.63, 3.8) is 0 Å². The Morgan fingerprint density at radius 2 is 1.88 bits per heavy atom. The average molecular weight is 359 g/mol. The molecule has 1 amide bonds. The summed E-state index contributed by atoms with van der Waals surface area (Å²) in [5, 5.41) is 2.12. The number of carbonyl (C=O) groups is 1. The monoisotopic (exact) mass is 359 g/mol. The maximum absolute atomic E-state index is 12.8. The molecular formula is C20H29N3O3+2. The molecule has 1 aliphatic rings. The summed E-state index contributed by atoms with van der Waals surface area (Å²) in [6.07, 6.45) is 1.65. The molecule has 3 rings (SSSR count). The van der Waals surface area contributed by atoms with Crippen LogP contribution in [0.25, 0.3) is 0 Å². The van der Waals surface area contributed by atoms with Gasteiger partial charge in [-0.25, -0.2) is 0 Å². The Bertz CT molecular complexity index is 640. The summed E-state index contributed by atoms with van der Waals surface area (Å²) in [6.45, 7) is 7.45. The highest BCUT2D eigenvalue weighted by Gasteiger charge is 2.18. The van der Waals surface area contributed by atoms with Crippen LogP contribution in [0.3, 0.4) is 0 Å². The smallest absolute Gasteiger partial charge is 0.278 e. The number of hydrogen-bond acceptors (Lipinski definition) is 3. The van der Waals surface area contributed by atoms with E-state index in [0.29, 0.717) is 19.6 Å². The van der Waals surface area contributed by atoms with E-state index in [1.165, 1.54) is 0 Å². The lowest BCUT2D eigenvalue weighted by Gasteiger charge is -2.23. The van der Waals surface area contributed by atoms with E-state index in [-0.39, 0.29) is 5.91 Å². The standard InChI is InChI=1S/C20H27N3O3/c24-20(15-21-8-9-22-10-13-25-14-11-22)23(17-19-7-4-12-26-19)16-18-5-2-1-3-6-18/h1-7,12,21H,8-11,13-17H2/p+2. The van der Waals surface area contributed by atoms with E-state index >= 15 is 0 Å². The lowest BCUT2D eigenvalue weighted by Crippen LogP contribution is -3.16. The van der Waals surface area contributed by atoms with Gasteiger partial charge in [0.25, 0.3) is 5.91 Å². The summed E-state index contributed by atoms with van der Waals surface area (Å²) in [4.78, 5) is 16.2. The lowest BCUT2D eigenvalue weighted by atomic mass is 10.2. The van der Waals surface area contributed by atoms with Gasteiger partial charge in [0.05, 0.1) is 26.0 Å². The number of carbonyl (C=O) groups excluding carboxylic acids is 1. The number of benzene rings is 1.